The van der Waals surface area contributed by atoms with E-state index in [1.165, 1.54) is 5.41 Å². The van der Waals surface area contributed by atoms with Crippen LogP contribution in [0.15, 0.2) is 60.3 Å². The van der Waals surface area contributed by atoms with Gasteiger partial charge >= 0.3 is 0 Å². The van der Waals surface area contributed by atoms with Gasteiger partial charge in [0.1, 0.15) is 0 Å². The van der Waals surface area contributed by atoms with Crippen LogP contribution in [0, 0.1) is 0 Å². The van der Waals surface area contributed by atoms with Crippen molar-refractivity contribution in [2.45, 2.75) is 6.54 Å². The number of nitrogens with zero attached hydrogens (tertiary/aromatic N) is 1. The Hall–Kier alpha value is -1.98. The Kier molecular flexibility index (Phi) is 4.43. The largest absolute Gasteiger partial charge is 0.264 e. The maximum absolute atomic E-state index is 11.8. The summed E-state index contributed by atoms with van der Waals surface area (Å²) in [6.45, 7) is 0.231. The standard InChI is InChI=1S/C14H14N2O2S/c17-19(18,10-8-13-5-2-1-3-6-13)16-12-14-7-4-9-15-11-14/h1-11,16H,12H2/b10-8+. The van der Waals surface area contributed by atoms with Crippen LogP contribution in [0.5, 0.6) is 0 Å². The Balaban J connectivity index is 1.98. The van der Waals surface area contributed by atoms with E-state index in [1.807, 2.05) is 36.4 Å². The minimum Gasteiger partial charge on any atom is -0.264 e. The maximum Gasteiger partial charge on any atom is 0.234 e. The fourth-order valence-corrected chi connectivity index (χ4v) is 2.27. The van der Waals surface area contributed by atoms with Crippen LogP contribution in [0.3, 0.4) is 0 Å². The molecule has 2 rings (SSSR count). The van der Waals surface area contributed by atoms with Gasteiger partial charge in [-0.25, -0.2) is 13.1 Å². The van der Waals surface area contributed by atoms with Crippen molar-refractivity contribution in [1.82, 2.24) is 9.71 Å². The molecule has 0 unspecified atom stereocenters. The number of aromatic nitrogens is 1. The second kappa shape index (κ2) is 6.26. The van der Waals surface area contributed by atoms with Crippen LogP contribution in [-0.2, 0) is 16.6 Å². The van der Waals surface area contributed by atoms with Gasteiger partial charge in [-0.05, 0) is 23.3 Å². The highest BCUT2D eigenvalue weighted by molar-refractivity contribution is 7.92. The SMILES string of the molecule is O=S(=O)(/C=C/c1ccccc1)NCc1cccnc1. The van der Waals surface area contributed by atoms with E-state index >= 15 is 0 Å². The summed E-state index contributed by atoms with van der Waals surface area (Å²) in [6, 6.07) is 12.9. The molecule has 0 bridgehead atoms. The van der Waals surface area contributed by atoms with Crippen molar-refractivity contribution >= 4 is 16.1 Å². The zero-order chi connectivity index (χ0) is 13.6. The molecular weight excluding hydrogens is 260 g/mol. The summed E-state index contributed by atoms with van der Waals surface area (Å²) in [6.07, 6.45) is 4.84. The Morgan fingerprint density at radius 2 is 1.89 bits per heavy atom. The number of pyridine rings is 1. The zero-order valence-electron chi connectivity index (χ0n) is 10.2. The molecule has 0 saturated carbocycles. The molecule has 0 radical (unpaired) electrons. The molecule has 1 aromatic carbocycles. The van der Waals surface area contributed by atoms with E-state index in [-0.39, 0.29) is 6.54 Å². The van der Waals surface area contributed by atoms with E-state index in [2.05, 4.69) is 9.71 Å². The number of hydrogen-bond acceptors (Lipinski definition) is 3. The molecule has 1 heterocycles. The average Bonchev–Trinajstić information content (AvgIpc) is 2.46. The van der Waals surface area contributed by atoms with Gasteiger partial charge in [-0.3, -0.25) is 4.98 Å². The van der Waals surface area contributed by atoms with E-state index in [0.29, 0.717) is 0 Å². The van der Waals surface area contributed by atoms with Gasteiger partial charge in [0, 0.05) is 24.3 Å². The third kappa shape index (κ3) is 4.65. The molecule has 1 aromatic heterocycles. The van der Waals surface area contributed by atoms with Gasteiger partial charge in [-0.2, -0.15) is 0 Å². The van der Waals surface area contributed by atoms with Crippen LogP contribution < -0.4 is 4.72 Å². The van der Waals surface area contributed by atoms with Crippen LogP contribution in [-0.4, -0.2) is 13.4 Å². The Labute approximate surface area is 112 Å². The highest BCUT2D eigenvalue weighted by Crippen LogP contribution is 2.03. The molecule has 0 saturated heterocycles. The van der Waals surface area contributed by atoms with E-state index in [0.717, 1.165) is 11.1 Å². The number of sulfonamides is 1. The molecule has 0 aliphatic rings. The third-order valence-corrected chi connectivity index (χ3v) is 3.48. The maximum atomic E-state index is 11.8. The van der Waals surface area contributed by atoms with E-state index in [9.17, 15) is 8.42 Å². The normalized spacial score (nSPS) is 11.8. The monoisotopic (exact) mass is 274 g/mol. The van der Waals surface area contributed by atoms with Crippen LogP contribution in [0.2, 0.25) is 0 Å². The molecule has 0 aliphatic carbocycles. The highest BCUT2D eigenvalue weighted by atomic mass is 32.2. The van der Waals surface area contributed by atoms with Crippen LogP contribution in [0.25, 0.3) is 6.08 Å². The molecule has 98 valence electrons. The van der Waals surface area contributed by atoms with Crippen LogP contribution >= 0.6 is 0 Å². The molecule has 4 nitrogen and oxygen atoms in total. The van der Waals surface area contributed by atoms with Gasteiger partial charge in [0.25, 0.3) is 0 Å². The van der Waals surface area contributed by atoms with Gasteiger partial charge in [0.15, 0.2) is 0 Å². The van der Waals surface area contributed by atoms with Gasteiger partial charge in [0.05, 0.1) is 0 Å². The molecule has 0 atom stereocenters. The molecule has 2 aromatic rings. The van der Waals surface area contributed by atoms with Crippen molar-refractivity contribution in [1.29, 1.82) is 0 Å². The second-order valence-electron chi connectivity index (χ2n) is 3.94. The molecular formula is C14H14N2O2S. The number of nitrogens with one attached hydrogen (secondary N) is 1. The number of hydrogen-bond donors (Lipinski definition) is 1. The molecule has 0 amide bonds. The van der Waals surface area contributed by atoms with Gasteiger partial charge in [-0.15, -0.1) is 0 Å². The minimum absolute atomic E-state index is 0.231. The smallest absolute Gasteiger partial charge is 0.234 e. The molecule has 19 heavy (non-hydrogen) atoms. The summed E-state index contributed by atoms with van der Waals surface area (Å²) < 4.78 is 26.0. The van der Waals surface area contributed by atoms with Crippen LogP contribution in [0.4, 0.5) is 0 Å². The lowest BCUT2D eigenvalue weighted by Crippen LogP contribution is -2.20. The summed E-state index contributed by atoms with van der Waals surface area (Å²) in [5.74, 6) is 0. The number of benzene rings is 1. The molecule has 0 fully saturated rings. The predicted octanol–water partition coefficient (Wildman–Crippen LogP) is 2.17. The summed E-state index contributed by atoms with van der Waals surface area (Å²) in [5, 5.41) is 1.17. The third-order valence-electron chi connectivity index (χ3n) is 2.44. The number of rotatable bonds is 5. The van der Waals surface area contributed by atoms with Gasteiger partial charge in [0.2, 0.25) is 10.0 Å². The first-order valence-corrected chi connectivity index (χ1v) is 7.32. The van der Waals surface area contributed by atoms with E-state index < -0.39 is 10.0 Å². The van der Waals surface area contributed by atoms with E-state index in [1.54, 1.807) is 24.5 Å². The first-order valence-electron chi connectivity index (χ1n) is 5.77. The van der Waals surface area contributed by atoms with Crippen molar-refractivity contribution in [3.63, 3.8) is 0 Å². The highest BCUT2D eigenvalue weighted by Gasteiger charge is 2.04. The molecule has 1 N–H and O–H groups in total. The fourth-order valence-electron chi connectivity index (χ4n) is 1.47. The Bertz CT molecular complexity index is 638. The molecule has 5 heteroatoms. The lowest BCUT2D eigenvalue weighted by atomic mass is 10.2. The first-order chi connectivity index (χ1) is 9.16. The van der Waals surface area contributed by atoms with Crippen molar-refractivity contribution in [2.75, 3.05) is 0 Å². The van der Waals surface area contributed by atoms with Crippen LogP contribution in [0.1, 0.15) is 11.1 Å². The fraction of sp³-hybridized carbons (Fsp3) is 0.0714. The van der Waals surface area contributed by atoms with Gasteiger partial charge in [-0.1, -0.05) is 36.4 Å². The first kappa shape index (κ1) is 13.5. The quantitative estimate of drug-likeness (QED) is 0.909. The summed E-state index contributed by atoms with van der Waals surface area (Å²) in [4.78, 5) is 3.93. The van der Waals surface area contributed by atoms with Crippen molar-refractivity contribution < 1.29 is 8.42 Å². The minimum atomic E-state index is -3.44. The van der Waals surface area contributed by atoms with Gasteiger partial charge < -0.3 is 0 Å². The Morgan fingerprint density at radius 1 is 1.11 bits per heavy atom. The van der Waals surface area contributed by atoms with Crippen molar-refractivity contribution in [3.05, 3.63) is 71.4 Å². The van der Waals surface area contributed by atoms with E-state index in [4.69, 9.17) is 0 Å². The average molecular weight is 274 g/mol. The Morgan fingerprint density at radius 3 is 2.58 bits per heavy atom. The predicted molar refractivity (Wildman–Crippen MR) is 75.5 cm³/mol. The summed E-state index contributed by atoms with van der Waals surface area (Å²) >= 11 is 0. The van der Waals surface area contributed by atoms with Crippen molar-refractivity contribution in [3.8, 4) is 0 Å². The zero-order valence-corrected chi connectivity index (χ0v) is 11.0. The van der Waals surface area contributed by atoms with Crippen molar-refractivity contribution in [2.24, 2.45) is 0 Å². The topological polar surface area (TPSA) is 59.1 Å². The molecule has 0 aliphatic heterocycles. The second-order valence-corrected chi connectivity index (χ2v) is 5.59. The summed E-state index contributed by atoms with van der Waals surface area (Å²) in [7, 11) is -3.44. The molecule has 0 spiro atoms. The summed E-state index contributed by atoms with van der Waals surface area (Å²) in [5.41, 5.74) is 1.66. The lowest BCUT2D eigenvalue weighted by Gasteiger charge is -2.02. The lowest BCUT2D eigenvalue weighted by molar-refractivity contribution is 0.590.